The Balaban J connectivity index is 1.73. The highest BCUT2D eigenvalue weighted by atomic mass is 16.2. The van der Waals surface area contributed by atoms with Gasteiger partial charge in [0, 0.05) is 25.6 Å². The fourth-order valence-electron chi connectivity index (χ4n) is 2.52. The summed E-state index contributed by atoms with van der Waals surface area (Å²) in [7, 11) is 1.75. The molecular weight excluding hydrogens is 266 g/mol. The molecule has 21 heavy (non-hydrogen) atoms. The molecule has 1 aromatic heterocycles. The molecule has 3 rings (SSSR count). The van der Waals surface area contributed by atoms with Crippen molar-refractivity contribution in [2.45, 2.75) is 25.9 Å². The number of carbonyl (C=O) groups excluding carboxylic acids is 1. The Bertz CT molecular complexity index is 711. The summed E-state index contributed by atoms with van der Waals surface area (Å²) in [5, 5.41) is 17.1. The molecule has 1 aliphatic rings. The molecule has 0 radical (unpaired) electrons. The molecule has 0 aliphatic carbocycles. The number of hydrogen-bond acceptors (Lipinski definition) is 4. The number of rotatable bonds is 3. The molecule has 106 valence electrons. The Kier molecular flexibility index (Phi) is 3.40. The average Bonchev–Trinajstić information content (AvgIpc) is 3.11. The number of amides is 1. The van der Waals surface area contributed by atoms with Crippen molar-refractivity contribution in [1.29, 1.82) is 5.26 Å². The zero-order chi connectivity index (χ0) is 14.8. The molecule has 1 aromatic carbocycles. The second-order valence-corrected chi connectivity index (χ2v) is 5.14. The van der Waals surface area contributed by atoms with Crippen LogP contribution in [0.2, 0.25) is 0 Å². The van der Waals surface area contributed by atoms with E-state index in [-0.39, 0.29) is 5.91 Å². The zero-order valence-electron chi connectivity index (χ0n) is 11.8. The van der Waals surface area contributed by atoms with E-state index in [4.69, 9.17) is 5.26 Å². The van der Waals surface area contributed by atoms with Crippen molar-refractivity contribution in [2.75, 3.05) is 7.05 Å². The highest BCUT2D eigenvalue weighted by Crippen LogP contribution is 2.16. The largest absolute Gasteiger partial charge is 0.334 e. The standard InChI is InChI=1S/C15H15N5O/c1-19(10-14-18-17-13-3-2-8-20(13)14)15(21)12-6-4-11(9-16)5-7-12/h4-7H,2-3,8,10H2,1H3. The van der Waals surface area contributed by atoms with Gasteiger partial charge in [-0.3, -0.25) is 4.79 Å². The molecule has 1 aliphatic heterocycles. The maximum absolute atomic E-state index is 12.4. The number of carbonyl (C=O) groups is 1. The van der Waals surface area contributed by atoms with Gasteiger partial charge in [-0.1, -0.05) is 0 Å². The van der Waals surface area contributed by atoms with E-state index in [2.05, 4.69) is 14.8 Å². The third kappa shape index (κ3) is 2.50. The summed E-state index contributed by atoms with van der Waals surface area (Å²) in [6.45, 7) is 1.36. The van der Waals surface area contributed by atoms with Crippen LogP contribution in [0.1, 0.15) is 34.0 Å². The summed E-state index contributed by atoms with van der Waals surface area (Å²) in [5.41, 5.74) is 1.11. The number of aromatic nitrogens is 3. The van der Waals surface area contributed by atoms with E-state index in [0.29, 0.717) is 17.7 Å². The van der Waals surface area contributed by atoms with Crippen molar-refractivity contribution in [2.24, 2.45) is 0 Å². The van der Waals surface area contributed by atoms with Crippen LogP contribution in [0.15, 0.2) is 24.3 Å². The van der Waals surface area contributed by atoms with Crippen LogP contribution in [0.5, 0.6) is 0 Å². The third-order valence-corrected chi connectivity index (χ3v) is 3.67. The molecule has 0 saturated heterocycles. The molecular formula is C15H15N5O. The molecule has 6 nitrogen and oxygen atoms in total. The topological polar surface area (TPSA) is 74.8 Å². The van der Waals surface area contributed by atoms with Crippen LogP contribution in [0.3, 0.4) is 0 Å². The lowest BCUT2D eigenvalue weighted by molar-refractivity contribution is 0.0780. The number of nitrogens with zero attached hydrogens (tertiary/aromatic N) is 5. The van der Waals surface area contributed by atoms with Gasteiger partial charge in [0.2, 0.25) is 0 Å². The molecule has 2 aromatic rings. The quantitative estimate of drug-likeness (QED) is 0.851. The van der Waals surface area contributed by atoms with E-state index in [1.54, 1.807) is 36.2 Å². The predicted octanol–water partition coefficient (Wildman–Crippen LogP) is 1.37. The Morgan fingerprint density at radius 2 is 2.14 bits per heavy atom. The predicted molar refractivity (Wildman–Crippen MR) is 75.3 cm³/mol. The van der Waals surface area contributed by atoms with Gasteiger partial charge in [-0.05, 0) is 30.7 Å². The Morgan fingerprint density at radius 1 is 1.38 bits per heavy atom. The molecule has 0 spiro atoms. The third-order valence-electron chi connectivity index (χ3n) is 3.67. The molecule has 0 unspecified atom stereocenters. The number of aryl methyl sites for hydroxylation is 1. The minimum Gasteiger partial charge on any atom is -0.334 e. The molecule has 0 fully saturated rings. The van der Waals surface area contributed by atoms with Crippen molar-refractivity contribution < 1.29 is 4.79 Å². The average molecular weight is 281 g/mol. The van der Waals surface area contributed by atoms with Gasteiger partial charge in [0.25, 0.3) is 5.91 Å². The number of fused-ring (bicyclic) bond motifs is 1. The first-order valence-corrected chi connectivity index (χ1v) is 6.85. The van der Waals surface area contributed by atoms with Crippen molar-refractivity contribution >= 4 is 5.91 Å². The molecule has 6 heteroatoms. The Labute approximate surface area is 122 Å². The maximum atomic E-state index is 12.4. The van der Waals surface area contributed by atoms with Crippen molar-refractivity contribution in [3.05, 3.63) is 47.0 Å². The Morgan fingerprint density at radius 3 is 2.86 bits per heavy atom. The van der Waals surface area contributed by atoms with Crippen LogP contribution < -0.4 is 0 Å². The highest BCUT2D eigenvalue weighted by molar-refractivity contribution is 5.94. The number of nitriles is 1. The first kappa shape index (κ1) is 13.3. The van der Waals surface area contributed by atoms with E-state index in [0.717, 1.165) is 31.0 Å². The maximum Gasteiger partial charge on any atom is 0.254 e. The summed E-state index contributed by atoms with van der Waals surface area (Å²) >= 11 is 0. The Hall–Kier alpha value is -2.68. The minimum absolute atomic E-state index is 0.0881. The fourth-order valence-corrected chi connectivity index (χ4v) is 2.52. The van der Waals surface area contributed by atoms with E-state index in [1.807, 2.05) is 6.07 Å². The summed E-state index contributed by atoms with van der Waals surface area (Å²) in [5.74, 6) is 1.74. The SMILES string of the molecule is CN(Cc1nnc2n1CCC2)C(=O)c1ccc(C#N)cc1. The van der Waals surface area contributed by atoms with Crippen LogP contribution in [0.4, 0.5) is 0 Å². The first-order chi connectivity index (χ1) is 10.2. The smallest absolute Gasteiger partial charge is 0.254 e. The van der Waals surface area contributed by atoms with Gasteiger partial charge in [0.05, 0.1) is 18.2 Å². The molecule has 0 atom stereocenters. The van der Waals surface area contributed by atoms with Crippen molar-refractivity contribution in [3.8, 4) is 6.07 Å². The highest BCUT2D eigenvalue weighted by Gasteiger charge is 2.20. The van der Waals surface area contributed by atoms with Crippen LogP contribution in [-0.4, -0.2) is 32.6 Å². The van der Waals surface area contributed by atoms with E-state index in [1.165, 1.54) is 0 Å². The van der Waals surface area contributed by atoms with Crippen LogP contribution in [-0.2, 0) is 19.5 Å². The summed E-state index contributed by atoms with van der Waals surface area (Å²) in [4.78, 5) is 14.0. The molecule has 2 heterocycles. The molecule has 1 amide bonds. The van der Waals surface area contributed by atoms with Crippen LogP contribution in [0, 0.1) is 11.3 Å². The fraction of sp³-hybridized carbons (Fsp3) is 0.333. The lowest BCUT2D eigenvalue weighted by Crippen LogP contribution is -2.27. The van der Waals surface area contributed by atoms with Gasteiger partial charge in [-0.25, -0.2) is 0 Å². The first-order valence-electron chi connectivity index (χ1n) is 6.85. The van der Waals surface area contributed by atoms with Gasteiger partial charge in [-0.15, -0.1) is 10.2 Å². The van der Waals surface area contributed by atoms with Crippen molar-refractivity contribution in [1.82, 2.24) is 19.7 Å². The van der Waals surface area contributed by atoms with Gasteiger partial charge >= 0.3 is 0 Å². The molecule has 0 N–H and O–H groups in total. The van der Waals surface area contributed by atoms with Crippen molar-refractivity contribution in [3.63, 3.8) is 0 Å². The number of hydrogen-bond donors (Lipinski definition) is 0. The van der Waals surface area contributed by atoms with Gasteiger partial charge in [0.15, 0.2) is 5.82 Å². The molecule has 0 saturated carbocycles. The lowest BCUT2D eigenvalue weighted by Gasteiger charge is -2.16. The summed E-state index contributed by atoms with van der Waals surface area (Å²) in [6.07, 6.45) is 2.05. The van der Waals surface area contributed by atoms with Crippen LogP contribution in [0.25, 0.3) is 0 Å². The van der Waals surface area contributed by atoms with Gasteiger partial charge < -0.3 is 9.47 Å². The number of benzene rings is 1. The monoisotopic (exact) mass is 281 g/mol. The minimum atomic E-state index is -0.0881. The lowest BCUT2D eigenvalue weighted by atomic mass is 10.1. The van der Waals surface area contributed by atoms with Gasteiger partial charge in [-0.2, -0.15) is 5.26 Å². The van der Waals surface area contributed by atoms with Gasteiger partial charge in [0.1, 0.15) is 5.82 Å². The van der Waals surface area contributed by atoms with E-state index < -0.39 is 0 Å². The summed E-state index contributed by atoms with van der Waals surface area (Å²) < 4.78 is 2.09. The zero-order valence-corrected chi connectivity index (χ0v) is 11.8. The second-order valence-electron chi connectivity index (χ2n) is 5.14. The molecule has 0 bridgehead atoms. The van der Waals surface area contributed by atoms with E-state index in [9.17, 15) is 4.79 Å². The van der Waals surface area contributed by atoms with E-state index >= 15 is 0 Å². The second kappa shape index (κ2) is 5.37. The normalized spacial score (nSPS) is 12.8. The van der Waals surface area contributed by atoms with Crippen LogP contribution >= 0.6 is 0 Å². The summed E-state index contributed by atoms with van der Waals surface area (Å²) in [6, 6.07) is 8.68.